The van der Waals surface area contributed by atoms with Crippen LogP contribution in [0.1, 0.15) is 123 Å². The first kappa shape index (κ1) is 55.6. The van der Waals surface area contributed by atoms with Crippen LogP contribution in [0.5, 0.6) is 0 Å². The predicted molar refractivity (Wildman–Crippen MR) is 241 cm³/mol. The lowest BCUT2D eigenvalue weighted by atomic mass is 10.1. The number of allylic oxidation sites excluding steroid dienone is 17. The lowest BCUT2D eigenvalue weighted by Crippen LogP contribution is -2.37. The van der Waals surface area contributed by atoms with E-state index in [1.165, 1.54) is 0 Å². The molecule has 0 fully saturated rings. The molecule has 0 aromatic rings. The number of phosphoric ester groups is 1. The Labute approximate surface area is 358 Å². The molecule has 2 unspecified atom stereocenters. The van der Waals surface area contributed by atoms with Crippen LogP contribution < -0.4 is 4.89 Å². The molecular weight excluding hydrogens is 766 g/mol. The van der Waals surface area contributed by atoms with Crippen molar-refractivity contribution in [1.82, 2.24) is 0 Å². The van der Waals surface area contributed by atoms with Crippen LogP contribution in [-0.4, -0.2) is 81.2 Å². The van der Waals surface area contributed by atoms with Gasteiger partial charge in [0.2, 0.25) is 0 Å². The number of hydrogen-bond acceptors (Lipinski definition) is 9. The number of aliphatic hydroxyl groups excluding tert-OH is 1. The molecule has 1 N–H and O–H groups in total. The van der Waals surface area contributed by atoms with Gasteiger partial charge in [0.15, 0.2) is 6.10 Å². The fourth-order valence-electron chi connectivity index (χ4n) is 5.04. The number of likely N-dealkylation sites (N-methyl/N-ethyl adjacent to an activating group) is 1. The first-order valence-corrected chi connectivity index (χ1v) is 23.2. The Morgan fingerprint density at radius 2 is 1.14 bits per heavy atom. The topological polar surface area (TPSA) is 131 Å². The van der Waals surface area contributed by atoms with Crippen molar-refractivity contribution >= 4 is 19.8 Å². The van der Waals surface area contributed by atoms with Gasteiger partial charge >= 0.3 is 11.9 Å². The van der Waals surface area contributed by atoms with E-state index in [0.29, 0.717) is 30.3 Å². The molecule has 10 nitrogen and oxygen atoms in total. The average Bonchev–Trinajstić information content (AvgIpc) is 3.18. The van der Waals surface area contributed by atoms with Crippen LogP contribution in [0, 0.1) is 0 Å². The van der Waals surface area contributed by atoms with Crippen molar-refractivity contribution in [2.75, 3.05) is 47.5 Å². The SMILES string of the molecule is CC/C=C\C/C=C\C/C=C\C/C=C\C/C=C\C/C=C\CCC(=O)O[C@H](COC(=O)CCCCCCCC(O)/C=C/C=C/C/C=C/CC)COP(=O)([O-])OCC[N+](C)(C)C. The Balaban J connectivity index is 4.61. The quantitative estimate of drug-likeness (QED) is 0.0162. The number of hydrogen-bond donors (Lipinski definition) is 1. The second-order valence-electron chi connectivity index (χ2n) is 15.1. The second kappa shape index (κ2) is 38.8. The fourth-order valence-corrected chi connectivity index (χ4v) is 5.77. The van der Waals surface area contributed by atoms with Gasteiger partial charge < -0.3 is 33.0 Å². The first-order valence-electron chi connectivity index (χ1n) is 21.7. The van der Waals surface area contributed by atoms with E-state index in [1.54, 1.807) is 6.08 Å². The molecule has 59 heavy (non-hydrogen) atoms. The summed E-state index contributed by atoms with van der Waals surface area (Å²) in [4.78, 5) is 37.5. The number of rotatable bonds is 37. The Kier molecular flexibility index (Phi) is 36.6. The maximum Gasteiger partial charge on any atom is 0.306 e. The summed E-state index contributed by atoms with van der Waals surface area (Å²) < 4.78 is 33.7. The Morgan fingerprint density at radius 1 is 0.627 bits per heavy atom. The summed E-state index contributed by atoms with van der Waals surface area (Å²) in [6, 6.07) is 0. The van der Waals surface area contributed by atoms with E-state index in [9.17, 15) is 24.2 Å². The number of nitrogens with zero attached hydrogens (tertiary/aromatic N) is 1. The molecule has 0 aliphatic carbocycles. The molecular formula is C48H78NO9P. The number of quaternary nitrogens is 1. The largest absolute Gasteiger partial charge is 0.756 e. The van der Waals surface area contributed by atoms with Crippen molar-refractivity contribution in [3.63, 3.8) is 0 Å². The average molecular weight is 844 g/mol. The van der Waals surface area contributed by atoms with Crippen molar-refractivity contribution in [2.24, 2.45) is 0 Å². The summed E-state index contributed by atoms with van der Waals surface area (Å²) in [5, 5.41) is 10.1. The zero-order chi connectivity index (χ0) is 43.7. The van der Waals surface area contributed by atoms with E-state index in [-0.39, 0.29) is 26.1 Å². The normalized spacial score (nSPS) is 15.2. The lowest BCUT2D eigenvalue weighted by molar-refractivity contribution is -0.870. The summed E-state index contributed by atoms with van der Waals surface area (Å²) in [5.41, 5.74) is 0. The zero-order valence-electron chi connectivity index (χ0n) is 37.0. The van der Waals surface area contributed by atoms with Crippen molar-refractivity contribution in [3.8, 4) is 0 Å². The van der Waals surface area contributed by atoms with E-state index < -0.39 is 38.6 Å². The Morgan fingerprint density at radius 3 is 1.69 bits per heavy atom. The molecule has 0 heterocycles. The monoisotopic (exact) mass is 844 g/mol. The molecule has 334 valence electrons. The minimum absolute atomic E-state index is 0.0671. The summed E-state index contributed by atoms with van der Waals surface area (Å²) >= 11 is 0. The van der Waals surface area contributed by atoms with Gasteiger partial charge in [0.1, 0.15) is 19.8 Å². The number of aliphatic hydroxyl groups is 1. The number of carbonyl (C=O) groups excluding carboxylic acids is 2. The van der Waals surface area contributed by atoms with Gasteiger partial charge in [-0.05, 0) is 70.6 Å². The van der Waals surface area contributed by atoms with Gasteiger partial charge in [-0.2, -0.15) is 0 Å². The van der Waals surface area contributed by atoms with Crippen LogP contribution in [0.4, 0.5) is 0 Å². The van der Waals surface area contributed by atoms with Gasteiger partial charge in [-0.15, -0.1) is 0 Å². The lowest BCUT2D eigenvalue weighted by Gasteiger charge is -2.28. The Hall–Kier alpha value is -3.37. The molecule has 0 saturated carbocycles. The van der Waals surface area contributed by atoms with Crippen molar-refractivity contribution in [2.45, 2.75) is 135 Å². The third-order valence-electron chi connectivity index (χ3n) is 8.41. The second-order valence-corrected chi connectivity index (χ2v) is 16.6. The van der Waals surface area contributed by atoms with Gasteiger partial charge in [0.25, 0.3) is 7.82 Å². The summed E-state index contributed by atoms with van der Waals surface area (Å²) in [7, 11) is 1.04. The van der Waals surface area contributed by atoms with Crippen LogP contribution in [0.2, 0.25) is 0 Å². The van der Waals surface area contributed by atoms with Gasteiger partial charge in [0.05, 0.1) is 33.9 Å². The molecule has 0 aromatic carbocycles. The smallest absolute Gasteiger partial charge is 0.306 e. The highest BCUT2D eigenvalue weighted by Gasteiger charge is 2.21. The molecule has 3 atom stereocenters. The van der Waals surface area contributed by atoms with Crippen molar-refractivity contribution in [3.05, 3.63) is 109 Å². The molecule has 0 aliphatic rings. The maximum absolute atomic E-state index is 12.6. The minimum Gasteiger partial charge on any atom is -0.756 e. The predicted octanol–water partition coefficient (Wildman–Crippen LogP) is 10.7. The molecule has 0 amide bonds. The minimum atomic E-state index is -4.68. The van der Waals surface area contributed by atoms with E-state index in [2.05, 4.69) is 86.8 Å². The molecule has 0 saturated heterocycles. The highest BCUT2D eigenvalue weighted by atomic mass is 31.2. The van der Waals surface area contributed by atoms with E-state index in [1.807, 2.05) is 51.5 Å². The number of carbonyl (C=O) groups is 2. The van der Waals surface area contributed by atoms with E-state index in [4.69, 9.17) is 18.5 Å². The highest BCUT2D eigenvalue weighted by Crippen LogP contribution is 2.38. The molecule has 0 aromatic heterocycles. The van der Waals surface area contributed by atoms with E-state index in [0.717, 1.165) is 77.0 Å². The summed E-state index contributed by atoms with van der Waals surface area (Å²) in [5.74, 6) is -1.02. The maximum atomic E-state index is 12.6. The van der Waals surface area contributed by atoms with Crippen LogP contribution in [0.3, 0.4) is 0 Å². The molecule has 0 radical (unpaired) electrons. The van der Waals surface area contributed by atoms with E-state index >= 15 is 0 Å². The van der Waals surface area contributed by atoms with Crippen LogP contribution >= 0.6 is 7.82 Å². The molecule has 0 bridgehead atoms. The van der Waals surface area contributed by atoms with Gasteiger partial charge in [0, 0.05) is 12.8 Å². The van der Waals surface area contributed by atoms with Crippen LogP contribution in [0.25, 0.3) is 0 Å². The van der Waals surface area contributed by atoms with Crippen LogP contribution in [-0.2, 0) is 32.7 Å². The number of unbranched alkanes of at least 4 members (excludes halogenated alkanes) is 4. The van der Waals surface area contributed by atoms with Gasteiger partial charge in [-0.25, -0.2) is 0 Å². The molecule has 0 spiro atoms. The van der Waals surface area contributed by atoms with Crippen molar-refractivity contribution in [1.29, 1.82) is 0 Å². The van der Waals surface area contributed by atoms with Gasteiger partial charge in [-0.3, -0.25) is 14.2 Å². The molecule has 11 heteroatoms. The molecule has 0 rings (SSSR count). The highest BCUT2D eigenvalue weighted by molar-refractivity contribution is 7.45. The van der Waals surface area contributed by atoms with Crippen LogP contribution in [0.15, 0.2) is 109 Å². The third kappa shape index (κ3) is 42.6. The zero-order valence-corrected chi connectivity index (χ0v) is 37.9. The summed E-state index contributed by atoms with van der Waals surface area (Å²) in [6.07, 6.45) is 48.7. The number of esters is 2. The Bertz CT molecular complexity index is 1380. The summed E-state index contributed by atoms with van der Waals surface area (Å²) in [6.45, 7) is 3.74. The first-order chi connectivity index (χ1) is 28.4. The number of phosphoric acid groups is 1. The standard InChI is InChI=1S/C48H78NO9P/c1-6-8-10-12-14-15-16-17-18-19-20-21-22-23-24-25-27-31-36-40-48(52)58-46(44-57-59(53,54)56-42-41-49(3,4)5)43-55-47(51)39-35-32-28-30-34-38-45(50)37-33-29-26-13-11-9-7-2/h8-11,14-15,17-18,20-21,23-24,26-27,29,31,33,37,45-46,50H,6-7,12-13,16,19,22,25,28,30,32,34-36,38-44H2,1-5H3/b10-8-,11-9+,15-14-,18-17-,21-20-,24-23-,29-26+,31-27-,37-33+/t45?,46-/m1/s1. The third-order valence-corrected chi connectivity index (χ3v) is 9.37. The molecule has 0 aliphatic heterocycles. The van der Waals surface area contributed by atoms with Gasteiger partial charge in [-0.1, -0.05) is 149 Å². The van der Waals surface area contributed by atoms with Crippen molar-refractivity contribution < 1.29 is 47.2 Å². The fraction of sp³-hybridized carbons (Fsp3) is 0.583. The number of ether oxygens (including phenoxy) is 2.